The molecule has 0 saturated heterocycles. The zero-order valence-corrected chi connectivity index (χ0v) is 7.88. The highest BCUT2D eigenvalue weighted by Crippen LogP contribution is 2.52. The first-order chi connectivity index (χ1) is 5.74. The van der Waals surface area contributed by atoms with Gasteiger partial charge in [-0.25, -0.2) is 0 Å². The molecular weight excluding hydrogens is 147 g/mol. The molecule has 0 N–H and O–H groups in total. The van der Waals surface area contributed by atoms with Gasteiger partial charge < -0.3 is 4.74 Å². The normalized spacial score (nSPS) is 45.4. The summed E-state index contributed by atoms with van der Waals surface area (Å²) in [6, 6.07) is 0. The molecule has 0 spiro atoms. The van der Waals surface area contributed by atoms with Crippen molar-refractivity contribution < 1.29 is 4.74 Å². The van der Waals surface area contributed by atoms with Crippen LogP contribution in [0.1, 0.15) is 32.6 Å². The van der Waals surface area contributed by atoms with E-state index in [9.17, 15) is 0 Å². The van der Waals surface area contributed by atoms with Gasteiger partial charge >= 0.3 is 0 Å². The molecular formula is C10H17BO. The van der Waals surface area contributed by atoms with Gasteiger partial charge in [0, 0.05) is 6.61 Å². The van der Waals surface area contributed by atoms with Gasteiger partial charge in [0.2, 0.25) is 0 Å². The minimum Gasteiger partial charge on any atom is -0.376 e. The highest BCUT2D eigenvalue weighted by molar-refractivity contribution is 6.08. The molecule has 1 nitrogen and oxygen atoms in total. The molecule has 2 radical (unpaired) electrons. The van der Waals surface area contributed by atoms with Crippen LogP contribution in [0.2, 0.25) is 6.32 Å². The lowest BCUT2D eigenvalue weighted by atomic mass is 9.85. The number of rotatable bonds is 3. The fourth-order valence-electron chi connectivity index (χ4n) is 3.02. The highest BCUT2D eigenvalue weighted by Gasteiger charge is 2.48. The zero-order valence-electron chi connectivity index (χ0n) is 7.88. The maximum Gasteiger partial charge on any atom is 0.0684 e. The van der Waals surface area contributed by atoms with Gasteiger partial charge in [-0.05, 0) is 44.4 Å². The van der Waals surface area contributed by atoms with E-state index in [0.29, 0.717) is 6.32 Å². The van der Waals surface area contributed by atoms with Crippen molar-refractivity contribution in [2.45, 2.75) is 44.5 Å². The van der Waals surface area contributed by atoms with Crippen LogP contribution in [0.25, 0.3) is 0 Å². The van der Waals surface area contributed by atoms with Crippen LogP contribution in [-0.2, 0) is 4.74 Å². The topological polar surface area (TPSA) is 9.23 Å². The molecule has 2 saturated carbocycles. The van der Waals surface area contributed by atoms with Gasteiger partial charge in [-0.1, -0.05) is 6.32 Å². The summed E-state index contributed by atoms with van der Waals surface area (Å²) in [6.07, 6.45) is 6.16. The number of fused-ring (bicyclic) bond motifs is 2. The Bertz CT molecular complexity index is 171. The van der Waals surface area contributed by atoms with Gasteiger partial charge in [-0.15, -0.1) is 0 Å². The Kier molecular flexibility index (Phi) is 2.20. The third-order valence-electron chi connectivity index (χ3n) is 3.65. The number of ether oxygens (including phenoxy) is 1. The Balaban J connectivity index is 1.93. The standard InChI is InChI=1S/C10H17BO/c1-10(12-5-4-11)7-8-2-3-9(10)6-8/h8-9H,2-7H2,1H3. The molecule has 0 aromatic heterocycles. The maximum atomic E-state index is 5.85. The van der Waals surface area contributed by atoms with E-state index in [-0.39, 0.29) is 5.60 Å². The summed E-state index contributed by atoms with van der Waals surface area (Å²) in [4.78, 5) is 0. The van der Waals surface area contributed by atoms with Crippen molar-refractivity contribution in [1.29, 1.82) is 0 Å². The zero-order chi connectivity index (χ0) is 8.60. The predicted molar refractivity (Wildman–Crippen MR) is 50.4 cm³/mol. The summed E-state index contributed by atoms with van der Waals surface area (Å²) in [6.45, 7) is 3.01. The van der Waals surface area contributed by atoms with Crippen LogP contribution in [0.15, 0.2) is 0 Å². The molecule has 0 aromatic carbocycles. The summed E-state index contributed by atoms with van der Waals surface area (Å²) in [5.74, 6) is 1.78. The molecule has 0 aliphatic heterocycles. The molecule has 12 heavy (non-hydrogen) atoms. The van der Waals surface area contributed by atoms with Crippen LogP contribution in [0.3, 0.4) is 0 Å². The van der Waals surface area contributed by atoms with Crippen LogP contribution >= 0.6 is 0 Å². The quantitative estimate of drug-likeness (QED) is 0.580. The Labute approximate surface area is 76.3 Å². The Morgan fingerprint density at radius 3 is 2.83 bits per heavy atom. The van der Waals surface area contributed by atoms with E-state index in [1.807, 2.05) is 0 Å². The molecule has 0 amide bonds. The molecule has 3 unspecified atom stereocenters. The van der Waals surface area contributed by atoms with Gasteiger partial charge in [-0.3, -0.25) is 0 Å². The number of hydrogen-bond donors (Lipinski definition) is 0. The lowest BCUT2D eigenvalue weighted by molar-refractivity contribution is -0.0634. The first-order valence-electron chi connectivity index (χ1n) is 5.08. The van der Waals surface area contributed by atoms with Gasteiger partial charge in [0.15, 0.2) is 0 Å². The average Bonchev–Trinajstić information content (AvgIpc) is 2.60. The molecule has 2 aliphatic rings. The highest BCUT2D eigenvalue weighted by atomic mass is 16.5. The van der Waals surface area contributed by atoms with Crippen LogP contribution in [0.4, 0.5) is 0 Å². The molecule has 2 aliphatic carbocycles. The first-order valence-corrected chi connectivity index (χ1v) is 5.08. The molecule has 2 rings (SSSR count). The predicted octanol–water partition coefficient (Wildman–Crippen LogP) is 2.17. The van der Waals surface area contributed by atoms with E-state index in [0.717, 1.165) is 18.4 Å². The molecule has 2 heteroatoms. The molecule has 0 heterocycles. The van der Waals surface area contributed by atoms with Gasteiger partial charge in [0.05, 0.1) is 13.4 Å². The summed E-state index contributed by atoms with van der Waals surface area (Å²) in [5.41, 5.74) is 0.183. The Hall–Kier alpha value is 0.0249. The van der Waals surface area contributed by atoms with Crippen LogP contribution < -0.4 is 0 Å². The van der Waals surface area contributed by atoms with Crippen molar-refractivity contribution in [2.75, 3.05) is 6.61 Å². The Morgan fingerprint density at radius 1 is 1.50 bits per heavy atom. The van der Waals surface area contributed by atoms with Gasteiger partial charge in [-0.2, -0.15) is 0 Å². The summed E-state index contributed by atoms with van der Waals surface area (Å²) in [5, 5.41) is 0. The minimum absolute atomic E-state index is 0.183. The molecule has 0 aromatic rings. The average molecular weight is 164 g/mol. The van der Waals surface area contributed by atoms with Crippen molar-refractivity contribution in [1.82, 2.24) is 0 Å². The third kappa shape index (κ3) is 1.30. The van der Waals surface area contributed by atoms with Crippen molar-refractivity contribution in [3.8, 4) is 0 Å². The monoisotopic (exact) mass is 164 g/mol. The van der Waals surface area contributed by atoms with E-state index in [2.05, 4.69) is 6.92 Å². The lowest BCUT2D eigenvalue weighted by Crippen LogP contribution is -2.35. The SMILES string of the molecule is [B]CCOC1(C)CC2CCC1C2. The van der Waals surface area contributed by atoms with Crippen molar-refractivity contribution in [3.05, 3.63) is 0 Å². The van der Waals surface area contributed by atoms with E-state index in [1.54, 1.807) is 0 Å². The summed E-state index contributed by atoms with van der Waals surface area (Å²) in [7, 11) is 5.44. The minimum atomic E-state index is 0.183. The second-order valence-electron chi connectivity index (χ2n) is 4.53. The van der Waals surface area contributed by atoms with E-state index in [1.165, 1.54) is 25.7 Å². The van der Waals surface area contributed by atoms with E-state index >= 15 is 0 Å². The molecule has 3 atom stereocenters. The van der Waals surface area contributed by atoms with Crippen molar-refractivity contribution >= 4 is 7.85 Å². The summed E-state index contributed by atoms with van der Waals surface area (Å²) < 4.78 is 5.85. The van der Waals surface area contributed by atoms with E-state index < -0.39 is 0 Å². The first kappa shape index (κ1) is 8.62. The third-order valence-corrected chi connectivity index (χ3v) is 3.65. The molecule has 2 bridgehead atoms. The van der Waals surface area contributed by atoms with Crippen molar-refractivity contribution in [3.63, 3.8) is 0 Å². The lowest BCUT2D eigenvalue weighted by Gasteiger charge is -2.34. The van der Waals surface area contributed by atoms with Crippen LogP contribution in [0.5, 0.6) is 0 Å². The van der Waals surface area contributed by atoms with Crippen molar-refractivity contribution in [2.24, 2.45) is 11.8 Å². The Morgan fingerprint density at radius 2 is 2.33 bits per heavy atom. The molecule has 2 fully saturated rings. The van der Waals surface area contributed by atoms with Crippen LogP contribution in [-0.4, -0.2) is 20.1 Å². The number of hydrogen-bond acceptors (Lipinski definition) is 1. The second kappa shape index (κ2) is 3.06. The fraction of sp³-hybridized carbons (Fsp3) is 1.00. The van der Waals surface area contributed by atoms with Crippen LogP contribution in [0, 0.1) is 11.8 Å². The molecule has 66 valence electrons. The summed E-state index contributed by atoms with van der Waals surface area (Å²) >= 11 is 0. The maximum absolute atomic E-state index is 5.85. The van der Waals surface area contributed by atoms with Gasteiger partial charge in [0.1, 0.15) is 0 Å². The second-order valence-corrected chi connectivity index (χ2v) is 4.53. The van der Waals surface area contributed by atoms with E-state index in [4.69, 9.17) is 12.6 Å². The van der Waals surface area contributed by atoms with Gasteiger partial charge in [0.25, 0.3) is 0 Å². The fourth-order valence-corrected chi connectivity index (χ4v) is 3.02. The largest absolute Gasteiger partial charge is 0.376 e. The smallest absolute Gasteiger partial charge is 0.0684 e.